The summed E-state index contributed by atoms with van der Waals surface area (Å²) in [6.07, 6.45) is 8.05. The highest BCUT2D eigenvalue weighted by atomic mass is 35.5. The van der Waals surface area contributed by atoms with Crippen molar-refractivity contribution < 1.29 is 9.90 Å². The summed E-state index contributed by atoms with van der Waals surface area (Å²) in [5, 5.41) is 17.4. The van der Waals surface area contributed by atoms with Gasteiger partial charge in [-0.3, -0.25) is 9.48 Å². The number of aromatic nitrogens is 4. The van der Waals surface area contributed by atoms with E-state index in [2.05, 4.69) is 15.4 Å². The third-order valence-corrected chi connectivity index (χ3v) is 4.86. The van der Waals surface area contributed by atoms with Gasteiger partial charge in [-0.05, 0) is 30.9 Å². The van der Waals surface area contributed by atoms with Gasteiger partial charge in [0, 0.05) is 31.2 Å². The number of pyridine rings is 1. The Morgan fingerprint density at radius 3 is 2.84 bits per heavy atom. The van der Waals surface area contributed by atoms with Gasteiger partial charge >= 0.3 is 0 Å². The Bertz CT molecular complexity index is 928. The topological polar surface area (TPSA) is 84.5 Å². The number of hydrogen-bond donors (Lipinski definition) is 2. The van der Waals surface area contributed by atoms with Crippen molar-refractivity contribution in [3.63, 3.8) is 0 Å². The molecule has 0 spiro atoms. The summed E-state index contributed by atoms with van der Waals surface area (Å²) in [6, 6.07) is 3.30. The van der Waals surface area contributed by atoms with Crippen molar-refractivity contribution in [1.82, 2.24) is 24.5 Å². The number of aliphatic hydroxyl groups excluding tert-OH is 1. The molecule has 0 aliphatic heterocycles. The summed E-state index contributed by atoms with van der Waals surface area (Å²) in [6.45, 7) is 0. The summed E-state index contributed by atoms with van der Waals surface area (Å²) in [4.78, 5) is 17.1. The highest BCUT2D eigenvalue weighted by Crippen LogP contribution is 2.38. The maximum Gasteiger partial charge on any atom is 0.272 e. The van der Waals surface area contributed by atoms with Crippen LogP contribution in [0.15, 0.2) is 36.9 Å². The predicted octanol–water partition coefficient (Wildman–Crippen LogP) is 1.96. The monoisotopic (exact) mass is 359 g/mol. The number of nitrogens with one attached hydrogen (secondary N) is 1. The van der Waals surface area contributed by atoms with E-state index in [1.165, 1.54) is 0 Å². The van der Waals surface area contributed by atoms with Crippen molar-refractivity contribution in [2.24, 2.45) is 13.0 Å². The van der Waals surface area contributed by atoms with E-state index in [0.717, 1.165) is 5.56 Å². The molecule has 3 heterocycles. The van der Waals surface area contributed by atoms with E-state index < -0.39 is 0 Å². The second kappa shape index (κ2) is 6.16. The number of amides is 1. The van der Waals surface area contributed by atoms with Gasteiger partial charge in [-0.25, -0.2) is 4.98 Å². The minimum atomic E-state index is -0.293. The van der Waals surface area contributed by atoms with Gasteiger partial charge in [0.2, 0.25) is 0 Å². The van der Waals surface area contributed by atoms with E-state index in [1.54, 1.807) is 39.8 Å². The van der Waals surface area contributed by atoms with E-state index in [4.69, 9.17) is 11.6 Å². The molecule has 0 bridgehead atoms. The molecule has 1 saturated carbocycles. The molecule has 3 aromatic rings. The van der Waals surface area contributed by atoms with Crippen molar-refractivity contribution in [2.45, 2.75) is 25.0 Å². The Hall–Kier alpha value is -2.38. The molecular formula is C17H18ClN5O2. The first-order chi connectivity index (χ1) is 12.0. The molecular weight excluding hydrogens is 342 g/mol. The van der Waals surface area contributed by atoms with Crippen LogP contribution in [0.1, 0.15) is 34.9 Å². The number of fused-ring (bicyclic) bond motifs is 1. The zero-order chi connectivity index (χ0) is 17.6. The van der Waals surface area contributed by atoms with Crippen molar-refractivity contribution in [2.75, 3.05) is 0 Å². The summed E-state index contributed by atoms with van der Waals surface area (Å²) >= 11 is 5.97. The fourth-order valence-corrected chi connectivity index (χ4v) is 3.43. The lowest BCUT2D eigenvalue weighted by Gasteiger charge is -2.37. The third-order valence-electron chi connectivity index (χ3n) is 4.64. The first-order valence-corrected chi connectivity index (χ1v) is 8.49. The molecule has 1 amide bonds. The summed E-state index contributed by atoms with van der Waals surface area (Å²) in [5.41, 5.74) is 1.92. The van der Waals surface area contributed by atoms with Crippen LogP contribution < -0.4 is 5.32 Å². The van der Waals surface area contributed by atoms with Gasteiger partial charge in [0.1, 0.15) is 11.3 Å². The number of rotatable bonds is 4. The van der Waals surface area contributed by atoms with Crippen molar-refractivity contribution in [1.29, 1.82) is 0 Å². The number of aryl methyl sites for hydroxylation is 1. The van der Waals surface area contributed by atoms with Crippen molar-refractivity contribution in [3.8, 4) is 0 Å². The SMILES string of the molecule is Cn1cc([C@@H](NC(=O)c2cn3cc(Cl)ccc3n2)C2CC(O)C2)cn1. The number of carbonyl (C=O) groups is 1. The molecule has 1 aliphatic rings. The van der Waals surface area contributed by atoms with Crippen molar-refractivity contribution >= 4 is 23.2 Å². The van der Waals surface area contributed by atoms with Gasteiger partial charge in [-0.15, -0.1) is 0 Å². The first-order valence-electron chi connectivity index (χ1n) is 8.11. The molecule has 0 aromatic carbocycles. The standard InChI is InChI=1S/C17H18ClN5O2/c1-22-7-11(6-19-22)16(10-4-13(24)5-10)21-17(25)14-9-23-8-12(18)2-3-15(23)20-14/h2-3,6-10,13,16,24H,4-5H2,1H3,(H,21,25)/t10?,13?,16-/m0/s1. The summed E-state index contributed by atoms with van der Waals surface area (Å²) in [7, 11) is 1.84. The molecule has 7 nitrogen and oxygen atoms in total. The molecule has 0 unspecified atom stereocenters. The van der Waals surface area contributed by atoms with Crippen molar-refractivity contribution in [3.05, 3.63) is 53.2 Å². The largest absolute Gasteiger partial charge is 0.393 e. The minimum Gasteiger partial charge on any atom is -0.393 e. The third kappa shape index (κ3) is 3.12. The lowest BCUT2D eigenvalue weighted by Crippen LogP contribution is -2.41. The minimum absolute atomic E-state index is 0.189. The fraction of sp³-hybridized carbons (Fsp3) is 0.353. The van der Waals surface area contributed by atoms with Crippen LogP contribution in [0.4, 0.5) is 0 Å². The highest BCUT2D eigenvalue weighted by molar-refractivity contribution is 6.30. The molecule has 8 heteroatoms. The van der Waals surface area contributed by atoms with Crippen LogP contribution in [0.2, 0.25) is 5.02 Å². The van der Waals surface area contributed by atoms with Gasteiger partial charge in [0.05, 0.1) is 23.4 Å². The number of imidazole rings is 1. The Morgan fingerprint density at radius 1 is 1.36 bits per heavy atom. The predicted molar refractivity (Wildman–Crippen MR) is 92.3 cm³/mol. The van der Waals surface area contributed by atoms with Crippen LogP contribution in [0.25, 0.3) is 5.65 Å². The highest BCUT2D eigenvalue weighted by Gasteiger charge is 2.36. The number of hydrogen-bond acceptors (Lipinski definition) is 4. The lowest BCUT2D eigenvalue weighted by atomic mass is 9.75. The maximum atomic E-state index is 12.7. The van der Waals surface area contributed by atoms with E-state index in [1.807, 2.05) is 13.2 Å². The van der Waals surface area contributed by atoms with Crippen LogP contribution in [0.5, 0.6) is 0 Å². The zero-order valence-electron chi connectivity index (χ0n) is 13.6. The van der Waals surface area contributed by atoms with E-state index in [9.17, 15) is 9.90 Å². The molecule has 1 fully saturated rings. The second-order valence-corrected chi connectivity index (χ2v) is 6.96. The number of aliphatic hydroxyl groups is 1. The van der Waals surface area contributed by atoms with Crippen LogP contribution in [0.3, 0.4) is 0 Å². The molecule has 1 atom stereocenters. The number of halogens is 1. The van der Waals surface area contributed by atoms with Gasteiger partial charge in [0.15, 0.2) is 0 Å². The smallest absolute Gasteiger partial charge is 0.272 e. The Labute approximate surface area is 149 Å². The zero-order valence-corrected chi connectivity index (χ0v) is 14.4. The van der Waals surface area contributed by atoms with E-state index in [0.29, 0.717) is 29.2 Å². The Balaban J connectivity index is 1.58. The van der Waals surface area contributed by atoms with Crippen LogP contribution in [-0.4, -0.2) is 36.3 Å². The molecule has 130 valence electrons. The normalized spacial score (nSPS) is 21.1. The molecule has 1 aliphatic carbocycles. The molecule has 4 rings (SSSR count). The van der Waals surface area contributed by atoms with Gasteiger partial charge in [-0.2, -0.15) is 5.10 Å². The molecule has 3 aromatic heterocycles. The maximum absolute atomic E-state index is 12.7. The van der Waals surface area contributed by atoms with Crippen LogP contribution >= 0.6 is 11.6 Å². The van der Waals surface area contributed by atoms with Crippen LogP contribution in [-0.2, 0) is 7.05 Å². The molecule has 0 radical (unpaired) electrons. The Morgan fingerprint density at radius 2 is 2.16 bits per heavy atom. The average Bonchev–Trinajstić information content (AvgIpc) is 3.15. The lowest BCUT2D eigenvalue weighted by molar-refractivity contribution is 0.0234. The van der Waals surface area contributed by atoms with E-state index >= 15 is 0 Å². The molecule has 25 heavy (non-hydrogen) atoms. The van der Waals surface area contributed by atoms with Gasteiger partial charge < -0.3 is 14.8 Å². The molecule has 0 saturated heterocycles. The quantitative estimate of drug-likeness (QED) is 0.745. The second-order valence-electron chi connectivity index (χ2n) is 6.52. The van der Waals surface area contributed by atoms with Gasteiger partial charge in [0.25, 0.3) is 5.91 Å². The Kier molecular flexibility index (Phi) is 3.97. The molecule has 2 N–H and O–H groups in total. The summed E-state index contributed by atoms with van der Waals surface area (Å²) in [5.74, 6) is -0.0651. The number of carbonyl (C=O) groups excluding carboxylic acids is 1. The van der Waals surface area contributed by atoms with E-state index in [-0.39, 0.29) is 24.0 Å². The number of nitrogens with zero attached hydrogens (tertiary/aromatic N) is 4. The fourth-order valence-electron chi connectivity index (χ4n) is 3.27. The summed E-state index contributed by atoms with van der Waals surface area (Å²) < 4.78 is 3.43. The first kappa shape index (κ1) is 16.1. The van der Waals surface area contributed by atoms with Crippen LogP contribution in [0, 0.1) is 5.92 Å². The van der Waals surface area contributed by atoms with Gasteiger partial charge in [-0.1, -0.05) is 11.6 Å². The average molecular weight is 360 g/mol.